The van der Waals surface area contributed by atoms with Gasteiger partial charge in [0.2, 0.25) is 0 Å². The third kappa shape index (κ3) is 4.18. The standard InChI is InChI=1S/C11H18BrN3/c1-8-5-10(12)6-13-11(8)14-9(2)7-15(3)4/h5-6,9H,7H2,1-4H3,(H,13,14). The summed E-state index contributed by atoms with van der Waals surface area (Å²) in [6, 6.07) is 2.46. The summed E-state index contributed by atoms with van der Waals surface area (Å²) >= 11 is 3.40. The van der Waals surface area contributed by atoms with E-state index in [1.807, 2.05) is 6.20 Å². The molecular weight excluding hydrogens is 254 g/mol. The van der Waals surface area contributed by atoms with Crippen LogP contribution in [0.2, 0.25) is 0 Å². The Bertz CT molecular complexity index is 326. The van der Waals surface area contributed by atoms with E-state index in [0.717, 1.165) is 22.4 Å². The van der Waals surface area contributed by atoms with Crippen molar-refractivity contribution >= 4 is 21.7 Å². The molecule has 0 saturated heterocycles. The molecule has 1 N–H and O–H groups in total. The second-order valence-corrected chi connectivity index (χ2v) is 5.04. The number of aryl methyl sites for hydroxylation is 1. The molecule has 0 fully saturated rings. The van der Waals surface area contributed by atoms with E-state index in [2.05, 4.69) is 65.1 Å². The van der Waals surface area contributed by atoms with Gasteiger partial charge in [-0.05, 0) is 55.5 Å². The minimum Gasteiger partial charge on any atom is -0.366 e. The van der Waals surface area contributed by atoms with Crippen LogP contribution in [0.4, 0.5) is 5.82 Å². The van der Waals surface area contributed by atoms with Crippen LogP contribution in [0.3, 0.4) is 0 Å². The highest BCUT2D eigenvalue weighted by Crippen LogP contribution is 2.17. The Hall–Kier alpha value is -0.610. The Morgan fingerprint density at radius 2 is 2.20 bits per heavy atom. The van der Waals surface area contributed by atoms with Crippen LogP contribution in [-0.4, -0.2) is 36.6 Å². The first-order valence-corrected chi connectivity index (χ1v) is 5.81. The second kappa shape index (κ2) is 5.47. The van der Waals surface area contributed by atoms with E-state index in [4.69, 9.17) is 0 Å². The molecule has 1 unspecified atom stereocenters. The van der Waals surface area contributed by atoms with Gasteiger partial charge in [-0.2, -0.15) is 0 Å². The van der Waals surface area contributed by atoms with Gasteiger partial charge in [-0.1, -0.05) is 0 Å². The zero-order valence-electron chi connectivity index (χ0n) is 9.71. The molecule has 0 aliphatic heterocycles. The number of likely N-dealkylation sites (N-methyl/N-ethyl adjacent to an activating group) is 1. The number of hydrogen-bond donors (Lipinski definition) is 1. The molecule has 1 heterocycles. The minimum atomic E-state index is 0.396. The first-order chi connectivity index (χ1) is 6.99. The maximum absolute atomic E-state index is 4.35. The molecule has 1 aromatic heterocycles. The quantitative estimate of drug-likeness (QED) is 0.912. The molecule has 1 aromatic rings. The van der Waals surface area contributed by atoms with Gasteiger partial charge in [0, 0.05) is 23.3 Å². The van der Waals surface area contributed by atoms with Crippen LogP contribution in [0.15, 0.2) is 16.7 Å². The first-order valence-electron chi connectivity index (χ1n) is 5.02. The summed E-state index contributed by atoms with van der Waals surface area (Å²) in [5, 5.41) is 3.40. The summed E-state index contributed by atoms with van der Waals surface area (Å²) in [5.41, 5.74) is 1.16. The fourth-order valence-corrected chi connectivity index (χ4v) is 1.96. The first kappa shape index (κ1) is 12.5. The molecule has 0 aliphatic rings. The smallest absolute Gasteiger partial charge is 0.129 e. The van der Waals surface area contributed by atoms with E-state index in [9.17, 15) is 0 Å². The molecule has 84 valence electrons. The van der Waals surface area contributed by atoms with Crippen LogP contribution >= 0.6 is 15.9 Å². The van der Waals surface area contributed by atoms with Crippen molar-refractivity contribution in [3.05, 3.63) is 22.3 Å². The number of nitrogens with one attached hydrogen (secondary N) is 1. The van der Waals surface area contributed by atoms with E-state index < -0.39 is 0 Å². The van der Waals surface area contributed by atoms with Gasteiger partial charge in [-0.15, -0.1) is 0 Å². The van der Waals surface area contributed by atoms with Gasteiger partial charge in [0.1, 0.15) is 5.82 Å². The molecule has 3 nitrogen and oxygen atoms in total. The van der Waals surface area contributed by atoms with Crippen molar-refractivity contribution in [1.29, 1.82) is 0 Å². The molecule has 0 spiro atoms. The minimum absolute atomic E-state index is 0.396. The zero-order valence-corrected chi connectivity index (χ0v) is 11.3. The molecule has 1 atom stereocenters. The fourth-order valence-electron chi connectivity index (χ4n) is 1.52. The number of aromatic nitrogens is 1. The lowest BCUT2D eigenvalue weighted by atomic mass is 10.2. The molecule has 0 bridgehead atoms. The maximum atomic E-state index is 4.35. The highest BCUT2D eigenvalue weighted by molar-refractivity contribution is 9.10. The molecular formula is C11H18BrN3. The number of hydrogen-bond acceptors (Lipinski definition) is 3. The van der Waals surface area contributed by atoms with Gasteiger partial charge in [0.25, 0.3) is 0 Å². The normalized spacial score (nSPS) is 12.9. The van der Waals surface area contributed by atoms with Crippen LogP contribution in [0.5, 0.6) is 0 Å². The molecule has 0 aliphatic carbocycles. The van der Waals surface area contributed by atoms with E-state index in [1.165, 1.54) is 0 Å². The molecule has 0 radical (unpaired) electrons. The molecule has 15 heavy (non-hydrogen) atoms. The molecule has 4 heteroatoms. The van der Waals surface area contributed by atoms with Gasteiger partial charge in [0.15, 0.2) is 0 Å². The van der Waals surface area contributed by atoms with Crippen molar-refractivity contribution in [3.8, 4) is 0 Å². The summed E-state index contributed by atoms with van der Waals surface area (Å²) in [7, 11) is 4.14. The highest BCUT2D eigenvalue weighted by Gasteiger charge is 2.06. The van der Waals surface area contributed by atoms with Gasteiger partial charge < -0.3 is 10.2 Å². The fraction of sp³-hybridized carbons (Fsp3) is 0.545. The molecule has 1 rings (SSSR count). The summed E-state index contributed by atoms with van der Waals surface area (Å²) in [6.07, 6.45) is 1.82. The maximum Gasteiger partial charge on any atom is 0.129 e. The van der Waals surface area contributed by atoms with Crippen molar-refractivity contribution < 1.29 is 0 Å². The Balaban J connectivity index is 2.64. The van der Waals surface area contributed by atoms with Crippen molar-refractivity contribution in [2.75, 3.05) is 26.0 Å². The average Bonchev–Trinajstić information content (AvgIpc) is 2.08. The van der Waals surface area contributed by atoms with Crippen LogP contribution in [0.1, 0.15) is 12.5 Å². The van der Waals surface area contributed by atoms with Crippen molar-refractivity contribution in [2.45, 2.75) is 19.9 Å². The summed E-state index contributed by atoms with van der Waals surface area (Å²) in [5.74, 6) is 0.965. The summed E-state index contributed by atoms with van der Waals surface area (Å²) < 4.78 is 1.02. The largest absolute Gasteiger partial charge is 0.366 e. The lowest BCUT2D eigenvalue weighted by Gasteiger charge is -2.19. The van der Waals surface area contributed by atoms with Crippen LogP contribution in [0, 0.1) is 6.92 Å². The molecule has 0 amide bonds. The third-order valence-corrected chi connectivity index (χ3v) is 2.50. The summed E-state index contributed by atoms with van der Waals surface area (Å²) in [6.45, 7) is 5.21. The Morgan fingerprint density at radius 1 is 1.53 bits per heavy atom. The summed E-state index contributed by atoms with van der Waals surface area (Å²) in [4.78, 5) is 6.51. The Morgan fingerprint density at radius 3 is 2.73 bits per heavy atom. The predicted octanol–water partition coefficient (Wildman–Crippen LogP) is 2.51. The average molecular weight is 272 g/mol. The zero-order chi connectivity index (χ0) is 11.4. The van der Waals surface area contributed by atoms with Crippen molar-refractivity contribution in [2.24, 2.45) is 0 Å². The number of rotatable bonds is 4. The van der Waals surface area contributed by atoms with Crippen molar-refractivity contribution in [3.63, 3.8) is 0 Å². The van der Waals surface area contributed by atoms with Crippen LogP contribution in [-0.2, 0) is 0 Å². The second-order valence-electron chi connectivity index (χ2n) is 4.13. The number of anilines is 1. The van der Waals surface area contributed by atoms with E-state index in [1.54, 1.807) is 0 Å². The van der Waals surface area contributed by atoms with E-state index in [0.29, 0.717) is 6.04 Å². The lowest BCUT2D eigenvalue weighted by Crippen LogP contribution is -2.30. The predicted molar refractivity (Wildman–Crippen MR) is 68.3 cm³/mol. The number of nitrogens with zero attached hydrogens (tertiary/aromatic N) is 2. The highest BCUT2D eigenvalue weighted by atomic mass is 79.9. The van der Waals surface area contributed by atoms with Crippen LogP contribution < -0.4 is 5.32 Å². The van der Waals surface area contributed by atoms with Crippen molar-refractivity contribution in [1.82, 2.24) is 9.88 Å². The van der Waals surface area contributed by atoms with E-state index >= 15 is 0 Å². The molecule has 0 saturated carbocycles. The number of pyridine rings is 1. The molecule has 0 aromatic carbocycles. The van der Waals surface area contributed by atoms with Gasteiger partial charge in [-0.3, -0.25) is 0 Å². The van der Waals surface area contributed by atoms with Gasteiger partial charge in [0.05, 0.1) is 0 Å². The monoisotopic (exact) mass is 271 g/mol. The lowest BCUT2D eigenvalue weighted by molar-refractivity contribution is 0.392. The Labute approximate surface area is 100 Å². The Kier molecular flexibility index (Phi) is 4.54. The van der Waals surface area contributed by atoms with Gasteiger partial charge in [-0.25, -0.2) is 4.98 Å². The third-order valence-electron chi connectivity index (χ3n) is 2.07. The SMILES string of the molecule is Cc1cc(Br)cnc1NC(C)CN(C)C. The number of halogens is 1. The topological polar surface area (TPSA) is 28.2 Å². The van der Waals surface area contributed by atoms with Crippen LogP contribution in [0.25, 0.3) is 0 Å². The van der Waals surface area contributed by atoms with Gasteiger partial charge >= 0.3 is 0 Å². The van der Waals surface area contributed by atoms with E-state index in [-0.39, 0.29) is 0 Å².